The van der Waals surface area contributed by atoms with E-state index in [0.29, 0.717) is 0 Å². The Morgan fingerprint density at radius 3 is 2.06 bits per heavy atom. The largest absolute Gasteiger partial charge is 0.550 e. The third-order valence-corrected chi connectivity index (χ3v) is 2.48. The highest BCUT2D eigenvalue weighted by molar-refractivity contribution is 5.67. The summed E-state index contributed by atoms with van der Waals surface area (Å²) in [7, 11) is 0. The average molecular weight is 241 g/mol. The lowest BCUT2D eigenvalue weighted by Gasteiger charge is -2.06. The second-order valence-electron chi connectivity index (χ2n) is 3.87. The van der Waals surface area contributed by atoms with Crippen molar-refractivity contribution in [3.63, 3.8) is 0 Å². The first-order valence-corrected chi connectivity index (χ1v) is 5.96. The number of rotatable bonds is 2. The number of carbonyl (C=O) groups excluding carboxylic acids is 1. The van der Waals surface area contributed by atoms with Gasteiger partial charge in [0.15, 0.2) is 0 Å². The zero-order valence-electron chi connectivity index (χ0n) is 10.7. The van der Waals surface area contributed by atoms with E-state index < -0.39 is 5.97 Å². The number of benzene rings is 2. The van der Waals surface area contributed by atoms with Gasteiger partial charge in [-0.3, -0.25) is 0 Å². The molecular formula is C16H17O2-. The van der Waals surface area contributed by atoms with Crippen LogP contribution in [0, 0.1) is 0 Å². The van der Waals surface area contributed by atoms with Gasteiger partial charge >= 0.3 is 0 Å². The van der Waals surface area contributed by atoms with Crippen LogP contribution >= 0.6 is 0 Å². The van der Waals surface area contributed by atoms with Crippen LogP contribution in [-0.2, 0) is 11.2 Å². The van der Waals surface area contributed by atoms with Gasteiger partial charge in [-0.1, -0.05) is 61.5 Å². The number of aryl methyl sites for hydroxylation is 1. The molecule has 0 unspecified atom stereocenters. The van der Waals surface area contributed by atoms with E-state index in [4.69, 9.17) is 9.90 Å². The van der Waals surface area contributed by atoms with Crippen molar-refractivity contribution in [3.8, 4) is 11.1 Å². The normalized spacial score (nSPS) is 9.22. The summed E-state index contributed by atoms with van der Waals surface area (Å²) in [6.45, 7) is 3.17. The number of carboxylic acids is 1. The molecule has 94 valence electrons. The molecule has 0 aromatic heterocycles. The van der Waals surface area contributed by atoms with Gasteiger partial charge in [0.05, 0.1) is 0 Å². The molecule has 0 fully saturated rings. The van der Waals surface area contributed by atoms with Crippen LogP contribution < -0.4 is 5.11 Å². The molecule has 0 aliphatic heterocycles. The molecule has 2 rings (SSSR count). The first-order valence-electron chi connectivity index (χ1n) is 5.96. The summed E-state index contributed by atoms with van der Waals surface area (Å²) in [6.07, 6.45) is 1.09. The van der Waals surface area contributed by atoms with E-state index in [2.05, 4.69) is 61.5 Å². The monoisotopic (exact) mass is 241 g/mol. The number of aliphatic carboxylic acids is 1. The molecule has 0 saturated carbocycles. The summed E-state index contributed by atoms with van der Waals surface area (Å²) >= 11 is 0. The van der Waals surface area contributed by atoms with Crippen molar-refractivity contribution in [1.29, 1.82) is 0 Å². The topological polar surface area (TPSA) is 40.1 Å². The van der Waals surface area contributed by atoms with Gasteiger partial charge in [0.1, 0.15) is 0 Å². The fraction of sp³-hybridized carbons (Fsp3) is 0.188. The average Bonchev–Trinajstić information content (AvgIpc) is 2.39. The molecule has 0 radical (unpaired) electrons. The first kappa shape index (κ1) is 14.0. The Balaban J connectivity index is 0.000000357. The Bertz CT molecular complexity index is 485. The number of hydrogen-bond donors (Lipinski definition) is 0. The summed E-state index contributed by atoms with van der Waals surface area (Å²) < 4.78 is 0. The lowest BCUT2D eigenvalue weighted by atomic mass is 9.98. The molecule has 2 aromatic carbocycles. The Labute approximate surface area is 108 Å². The van der Waals surface area contributed by atoms with Crippen LogP contribution in [0.5, 0.6) is 0 Å². The van der Waals surface area contributed by atoms with Crippen molar-refractivity contribution in [1.82, 2.24) is 0 Å². The van der Waals surface area contributed by atoms with E-state index in [1.54, 1.807) is 0 Å². The summed E-state index contributed by atoms with van der Waals surface area (Å²) in [5.41, 5.74) is 4.08. The van der Waals surface area contributed by atoms with E-state index in [1.807, 2.05) is 0 Å². The Kier molecular flexibility index (Phi) is 5.65. The number of carboxylic acid groups (broad SMARTS) is 1. The van der Waals surface area contributed by atoms with Gasteiger partial charge in [-0.15, -0.1) is 0 Å². The van der Waals surface area contributed by atoms with Crippen LogP contribution in [-0.4, -0.2) is 5.97 Å². The molecule has 18 heavy (non-hydrogen) atoms. The van der Waals surface area contributed by atoms with Crippen molar-refractivity contribution in [2.75, 3.05) is 0 Å². The van der Waals surface area contributed by atoms with Crippen molar-refractivity contribution in [2.45, 2.75) is 20.3 Å². The molecule has 0 spiro atoms. The molecule has 2 nitrogen and oxygen atoms in total. The Hall–Kier alpha value is -2.09. The lowest BCUT2D eigenvalue weighted by molar-refractivity contribution is -0.302. The second kappa shape index (κ2) is 7.28. The van der Waals surface area contributed by atoms with Gasteiger partial charge in [-0.05, 0) is 30.0 Å². The van der Waals surface area contributed by atoms with Gasteiger partial charge in [0.25, 0.3) is 0 Å². The maximum Gasteiger partial charge on any atom is 0.0383 e. The molecule has 2 heteroatoms. The minimum atomic E-state index is -1.08. The fourth-order valence-electron chi connectivity index (χ4n) is 1.73. The van der Waals surface area contributed by atoms with Gasteiger partial charge < -0.3 is 9.90 Å². The highest BCUT2D eigenvalue weighted by atomic mass is 16.4. The molecule has 0 atom stereocenters. The lowest BCUT2D eigenvalue weighted by Crippen LogP contribution is -2.16. The van der Waals surface area contributed by atoms with E-state index in [9.17, 15) is 0 Å². The van der Waals surface area contributed by atoms with Gasteiger partial charge in [-0.25, -0.2) is 0 Å². The smallest absolute Gasteiger partial charge is 0.0383 e. The summed E-state index contributed by atoms with van der Waals surface area (Å²) in [4.78, 5) is 8.89. The predicted molar refractivity (Wildman–Crippen MR) is 71.9 cm³/mol. The molecule has 2 aromatic rings. The third kappa shape index (κ3) is 4.42. The highest BCUT2D eigenvalue weighted by Crippen LogP contribution is 2.23. The van der Waals surface area contributed by atoms with Crippen LogP contribution in [0.1, 0.15) is 19.4 Å². The molecule has 0 saturated heterocycles. The molecule has 0 heterocycles. The summed E-state index contributed by atoms with van der Waals surface area (Å²) in [5.74, 6) is -1.08. The minimum absolute atomic E-state index is 0.972. The zero-order valence-corrected chi connectivity index (χ0v) is 10.7. The number of hydrogen-bond acceptors (Lipinski definition) is 2. The van der Waals surface area contributed by atoms with Crippen LogP contribution in [0.3, 0.4) is 0 Å². The van der Waals surface area contributed by atoms with Crippen molar-refractivity contribution < 1.29 is 9.90 Å². The van der Waals surface area contributed by atoms with Crippen LogP contribution in [0.4, 0.5) is 0 Å². The first-order chi connectivity index (χ1) is 8.65. The maximum atomic E-state index is 8.89. The Morgan fingerprint density at radius 1 is 1.00 bits per heavy atom. The van der Waals surface area contributed by atoms with E-state index in [1.165, 1.54) is 16.7 Å². The quantitative estimate of drug-likeness (QED) is 0.811. The molecule has 0 N–H and O–H groups in total. The van der Waals surface area contributed by atoms with E-state index >= 15 is 0 Å². The van der Waals surface area contributed by atoms with Crippen LogP contribution in [0.15, 0.2) is 54.6 Å². The SMILES string of the molecule is CC(=O)[O-].CCc1ccccc1-c1ccccc1. The second-order valence-corrected chi connectivity index (χ2v) is 3.87. The standard InChI is InChI=1S/C14H14.C2H4O2/c1-2-12-8-6-7-11-14(12)13-9-4-3-5-10-13;1-2(3)4/h3-11H,2H2,1H3;1H3,(H,3,4)/p-1. The Morgan fingerprint density at radius 2 is 1.50 bits per heavy atom. The number of carbonyl (C=O) groups is 1. The van der Waals surface area contributed by atoms with Crippen molar-refractivity contribution >= 4 is 5.97 Å². The van der Waals surface area contributed by atoms with Crippen molar-refractivity contribution in [2.24, 2.45) is 0 Å². The molecule has 0 aliphatic rings. The van der Waals surface area contributed by atoms with Crippen LogP contribution in [0.25, 0.3) is 11.1 Å². The van der Waals surface area contributed by atoms with Crippen molar-refractivity contribution in [3.05, 3.63) is 60.2 Å². The van der Waals surface area contributed by atoms with Gasteiger partial charge in [0, 0.05) is 5.97 Å². The molecule has 0 aliphatic carbocycles. The molecule has 0 bridgehead atoms. The highest BCUT2D eigenvalue weighted by Gasteiger charge is 2.00. The molecular weight excluding hydrogens is 224 g/mol. The minimum Gasteiger partial charge on any atom is -0.550 e. The summed E-state index contributed by atoms with van der Waals surface area (Å²) in [5, 5.41) is 8.89. The predicted octanol–water partition coefficient (Wildman–Crippen LogP) is 2.67. The van der Waals surface area contributed by atoms with E-state index in [-0.39, 0.29) is 0 Å². The fourth-order valence-corrected chi connectivity index (χ4v) is 1.73. The van der Waals surface area contributed by atoms with Crippen LogP contribution in [0.2, 0.25) is 0 Å². The summed E-state index contributed by atoms with van der Waals surface area (Å²) in [6, 6.07) is 19.1. The zero-order chi connectivity index (χ0) is 13.4. The van der Waals surface area contributed by atoms with Gasteiger partial charge in [-0.2, -0.15) is 0 Å². The van der Waals surface area contributed by atoms with E-state index in [0.717, 1.165) is 13.3 Å². The van der Waals surface area contributed by atoms with Gasteiger partial charge in [0.2, 0.25) is 0 Å². The molecule has 0 amide bonds. The maximum absolute atomic E-state index is 8.89. The third-order valence-electron chi connectivity index (χ3n) is 2.48.